The zero-order chi connectivity index (χ0) is 16.4. The number of nitrogens with one attached hydrogen (secondary N) is 1. The Morgan fingerprint density at radius 3 is 2.45 bits per heavy atom. The van der Waals surface area contributed by atoms with Gasteiger partial charge in [-0.05, 0) is 11.5 Å². The maximum Gasteiger partial charge on any atom is 0.509 e. The Hall–Kier alpha value is -2.08. The highest BCUT2D eigenvalue weighted by Gasteiger charge is 2.24. The zero-order valence-electron chi connectivity index (χ0n) is 13.2. The third-order valence-corrected chi connectivity index (χ3v) is 2.74. The number of ether oxygens (including phenoxy) is 3. The molecule has 1 atom stereocenters. The summed E-state index contributed by atoms with van der Waals surface area (Å²) in [4.78, 5) is 23.2. The van der Waals surface area contributed by atoms with Crippen LogP contribution in [0.2, 0.25) is 0 Å². The van der Waals surface area contributed by atoms with Crippen molar-refractivity contribution in [2.75, 3.05) is 20.3 Å². The summed E-state index contributed by atoms with van der Waals surface area (Å²) in [6.45, 7) is 4.76. The lowest BCUT2D eigenvalue weighted by Crippen LogP contribution is -2.38. The molecule has 1 aromatic rings. The quantitative estimate of drug-likeness (QED) is 0.742. The largest absolute Gasteiger partial charge is 0.509 e. The first-order valence-electron chi connectivity index (χ1n) is 7.18. The number of benzene rings is 1. The van der Waals surface area contributed by atoms with Gasteiger partial charge in [0.05, 0.1) is 13.7 Å². The van der Waals surface area contributed by atoms with E-state index in [4.69, 9.17) is 9.47 Å². The molecule has 22 heavy (non-hydrogen) atoms. The maximum atomic E-state index is 11.6. The summed E-state index contributed by atoms with van der Waals surface area (Å²) in [5.41, 5.74) is 1.06. The SMILES string of the molecule is COC(=O)C(CNCc1ccccc1)OC(=O)OCC(C)C. The Balaban J connectivity index is 2.43. The number of esters is 1. The van der Waals surface area contributed by atoms with E-state index in [1.54, 1.807) is 0 Å². The van der Waals surface area contributed by atoms with Gasteiger partial charge in [-0.3, -0.25) is 0 Å². The number of hydrogen-bond acceptors (Lipinski definition) is 6. The Morgan fingerprint density at radius 1 is 1.18 bits per heavy atom. The van der Waals surface area contributed by atoms with Crippen molar-refractivity contribution in [1.82, 2.24) is 5.32 Å². The monoisotopic (exact) mass is 309 g/mol. The van der Waals surface area contributed by atoms with Crippen LogP contribution >= 0.6 is 0 Å². The van der Waals surface area contributed by atoms with Crippen molar-refractivity contribution in [2.24, 2.45) is 5.92 Å². The lowest BCUT2D eigenvalue weighted by molar-refractivity contribution is -0.151. The molecule has 0 heterocycles. The number of carbonyl (C=O) groups excluding carboxylic acids is 2. The van der Waals surface area contributed by atoms with Crippen molar-refractivity contribution in [3.05, 3.63) is 35.9 Å². The predicted octanol–water partition coefficient (Wildman–Crippen LogP) is 2.13. The summed E-state index contributed by atoms with van der Waals surface area (Å²) >= 11 is 0. The molecule has 0 saturated carbocycles. The average Bonchev–Trinajstić information content (AvgIpc) is 2.52. The fourth-order valence-electron chi connectivity index (χ4n) is 1.63. The minimum atomic E-state index is -1.03. The standard InChI is InChI=1S/C16H23NO5/c1-12(2)11-21-16(19)22-14(15(18)20-3)10-17-9-13-7-5-4-6-8-13/h4-8,12,14,17H,9-11H2,1-3H3. The Morgan fingerprint density at radius 2 is 1.86 bits per heavy atom. The van der Waals surface area contributed by atoms with E-state index in [2.05, 4.69) is 10.1 Å². The summed E-state index contributed by atoms with van der Waals surface area (Å²) in [6, 6.07) is 9.69. The van der Waals surface area contributed by atoms with Gasteiger partial charge in [-0.1, -0.05) is 44.2 Å². The van der Waals surface area contributed by atoms with Crippen LogP contribution in [0.1, 0.15) is 19.4 Å². The van der Waals surface area contributed by atoms with Gasteiger partial charge in [0.15, 0.2) is 0 Å². The van der Waals surface area contributed by atoms with Gasteiger partial charge in [0, 0.05) is 13.1 Å². The summed E-state index contributed by atoms with van der Waals surface area (Å²) < 4.78 is 14.5. The van der Waals surface area contributed by atoms with E-state index in [9.17, 15) is 9.59 Å². The van der Waals surface area contributed by atoms with E-state index in [1.807, 2.05) is 44.2 Å². The van der Waals surface area contributed by atoms with Gasteiger partial charge >= 0.3 is 12.1 Å². The number of rotatable bonds is 8. The molecule has 0 aliphatic carbocycles. The van der Waals surface area contributed by atoms with Crippen LogP contribution in [0.5, 0.6) is 0 Å². The highest BCUT2D eigenvalue weighted by atomic mass is 16.7. The molecule has 0 fully saturated rings. The van der Waals surface area contributed by atoms with Crippen LogP contribution in [-0.2, 0) is 25.5 Å². The Bertz CT molecular complexity index is 461. The molecule has 6 nitrogen and oxygen atoms in total. The van der Waals surface area contributed by atoms with Crippen LogP contribution in [-0.4, -0.2) is 38.5 Å². The Kier molecular flexibility index (Phi) is 7.99. The van der Waals surface area contributed by atoms with Crippen molar-refractivity contribution in [2.45, 2.75) is 26.5 Å². The van der Waals surface area contributed by atoms with Gasteiger partial charge in [-0.25, -0.2) is 9.59 Å². The van der Waals surface area contributed by atoms with Crippen molar-refractivity contribution in [3.8, 4) is 0 Å². The van der Waals surface area contributed by atoms with Gasteiger partial charge < -0.3 is 19.5 Å². The molecular formula is C16H23NO5. The van der Waals surface area contributed by atoms with Crippen LogP contribution in [0.3, 0.4) is 0 Å². The summed E-state index contributed by atoms with van der Waals surface area (Å²) in [6.07, 6.45) is -1.90. The fraction of sp³-hybridized carbons (Fsp3) is 0.500. The van der Waals surface area contributed by atoms with Crippen LogP contribution < -0.4 is 5.32 Å². The number of hydrogen-bond donors (Lipinski definition) is 1. The normalized spacial score (nSPS) is 11.8. The molecule has 1 N–H and O–H groups in total. The van der Waals surface area contributed by atoms with Crippen molar-refractivity contribution < 1.29 is 23.8 Å². The van der Waals surface area contributed by atoms with Gasteiger partial charge in [-0.2, -0.15) is 0 Å². The molecule has 0 saturated heterocycles. The molecule has 0 radical (unpaired) electrons. The highest BCUT2D eigenvalue weighted by Crippen LogP contribution is 2.02. The fourth-order valence-corrected chi connectivity index (χ4v) is 1.63. The van der Waals surface area contributed by atoms with Crippen molar-refractivity contribution in [3.63, 3.8) is 0 Å². The van der Waals surface area contributed by atoms with E-state index in [-0.39, 0.29) is 19.1 Å². The first-order chi connectivity index (χ1) is 10.5. The van der Waals surface area contributed by atoms with Crippen LogP contribution in [0.4, 0.5) is 4.79 Å². The van der Waals surface area contributed by atoms with E-state index in [1.165, 1.54) is 7.11 Å². The first kappa shape index (κ1) is 18.0. The number of methoxy groups -OCH3 is 1. The highest BCUT2D eigenvalue weighted by molar-refractivity contribution is 5.77. The van der Waals surface area contributed by atoms with E-state index in [0.29, 0.717) is 6.54 Å². The molecule has 6 heteroatoms. The van der Waals surface area contributed by atoms with E-state index in [0.717, 1.165) is 5.56 Å². The zero-order valence-corrected chi connectivity index (χ0v) is 13.2. The molecule has 0 bridgehead atoms. The lowest BCUT2D eigenvalue weighted by atomic mass is 10.2. The molecule has 0 spiro atoms. The second-order valence-electron chi connectivity index (χ2n) is 5.20. The van der Waals surface area contributed by atoms with Gasteiger partial charge in [0.25, 0.3) is 0 Å². The smallest absolute Gasteiger partial charge is 0.466 e. The Labute approximate surface area is 130 Å². The molecule has 1 aromatic carbocycles. The van der Waals surface area contributed by atoms with Crippen LogP contribution in [0, 0.1) is 5.92 Å². The predicted molar refractivity (Wildman–Crippen MR) is 81.2 cm³/mol. The van der Waals surface area contributed by atoms with E-state index < -0.39 is 18.2 Å². The third kappa shape index (κ3) is 7.08. The van der Waals surface area contributed by atoms with Gasteiger partial charge in [0.2, 0.25) is 6.10 Å². The molecule has 122 valence electrons. The van der Waals surface area contributed by atoms with Crippen molar-refractivity contribution in [1.29, 1.82) is 0 Å². The lowest BCUT2D eigenvalue weighted by Gasteiger charge is -2.16. The molecule has 0 aliphatic heterocycles. The summed E-state index contributed by atoms with van der Waals surface area (Å²) in [5.74, 6) is -0.428. The van der Waals surface area contributed by atoms with Gasteiger partial charge in [0.1, 0.15) is 0 Å². The maximum absolute atomic E-state index is 11.6. The molecule has 0 aromatic heterocycles. The minimum absolute atomic E-state index is 0.151. The van der Waals surface area contributed by atoms with Crippen LogP contribution in [0.15, 0.2) is 30.3 Å². The minimum Gasteiger partial charge on any atom is -0.466 e. The van der Waals surface area contributed by atoms with Gasteiger partial charge in [-0.15, -0.1) is 0 Å². The molecule has 1 unspecified atom stereocenters. The van der Waals surface area contributed by atoms with E-state index >= 15 is 0 Å². The third-order valence-electron chi connectivity index (χ3n) is 2.74. The summed E-state index contributed by atoms with van der Waals surface area (Å²) in [7, 11) is 1.25. The average molecular weight is 309 g/mol. The molecular weight excluding hydrogens is 286 g/mol. The first-order valence-corrected chi connectivity index (χ1v) is 7.18. The number of carbonyl (C=O) groups is 2. The molecule has 0 aliphatic rings. The topological polar surface area (TPSA) is 73.9 Å². The molecule has 0 amide bonds. The second-order valence-corrected chi connectivity index (χ2v) is 5.20. The second kappa shape index (κ2) is 9.78. The van der Waals surface area contributed by atoms with Crippen molar-refractivity contribution >= 4 is 12.1 Å². The summed E-state index contributed by atoms with van der Waals surface area (Å²) in [5, 5.41) is 3.05. The van der Waals surface area contributed by atoms with Crippen LogP contribution in [0.25, 0.3) is 0 Å². The molecule has 1 rings (SSSR count).